The Morgan fingerprint density at radius 2 is 2.13 bits per heavy atom. The summed E-state index contributed by atoms with van der Waals surface area (Å²) in [5.74, 6) is 1.42. The molecule has 1 aromatic heterocycles. The molecule has 1 unspecified atom stereocenters. The Labute approximate surface area is 95.3 Å². The Hall–Kier alpha value is -1.03. The summed E-state index contributed by atoms with van der Waals surface area (Å²) < 4.78 is 0. The number of hydrogen-bond acceptors (Lipinski definition) is 4. The van der Waals surface area contributed by atoms with Gasteiger partial charge in [0.15, 0.2) is 0 Å². The summed E-state index contributed by atoms with van der Waals surface area (Å²) in [5, 5.41) is 3.66. The lowest BCUT2D eigenvalue weighted by Gasteiger charge is -2.21. The summed E-state index contributed by atoms with van der Waals surface area (Å²) in [4.78, 5) is 7.88. The molecular formula is C10H17ClN4. The minimum atomic E-state index is 0.198. The second-order valence-corrected chi connectivity index (χ2v) is 4.22. The van der Waals surface area contributed by atoms with Gasteiger partial charge in [0.1, 0.15) is 11.0 Å². The van der Waals surface area contributed by atoms with Gasteiger partial charge in [-0.1, -0.05) is 32.4 Å². The van der Waals surface area contributed by atoms with E-state index in [2.05, 4.69) is 36.1 Å². The molecule has 0 spiro atoms. The molecule has 5 heteroatoms. The van der Waals surface area contributed by atoms with Crippen molar-refractivity contribution in [3.63, 3.8) is 0 Å². The van der Waals surface area contributed by atoms with Crippen LogP contribution in [-0.2, 0) is 0 Å². The molecule has 0 aliphatic heterocycles. The van der Waals surface area contributed by atoms with Crippen molar-refractivity contribution in [1.82, 2.24) is 9.97 Å². The Balaban J connectivity index is 2.79. The van der Waals surface area contributed by atoms with Gasteiger partial charge in [0.05, 0.1) is 0 Å². The predicted molar refractivity (Wildman–Crippen MR) is 64.0 cm³/mol. The smallest absolute Gasteiger partial charge is 0.223 e. The van der Waals surface area contributed by atoms with Crippen LogP contribution in [0.15, 0.2) is 6.07 Å². The van der Waals surface area contributed by atoms with Crippen molar-refractivity contribution in [3.8, 4) is 0 Å². The highest BCUT2D eigenvalue weighted by Crippen LogP contribution is 2.16. The van der Waals surface area contributed by atoms with Gasteiger partial charge in [0, 0.05) is 12.1 Å². The Kier molecular flexibility index (Phi) is 4.15. The van der Waals surface area contributed by atoms with Gasteiger partial charge in [-0.3, -0.25) is 0 Å². The summed E-state index contributed by atoms with van der Waals surface area (Å²) in [5.41, 5.74) is 5.51. The third kappa shape index (κ3) is 3.55. The maximum Gasteiger partial charge on any atom is 0.223 e. The third-order valence-corrected chi connectivity index (χ3v) is 2.48. The fourth-order valence-electron chi connectivity index (χ4n) is 1.44. The average Bonchev–Trinajstić information content (AvgIpc) is 2.12. The maximum absolute atomic E-state index is 5.79. The summed E-state index contributed by atoms with van der Waals surface area (Å²) in [6, 6.07) is 2.05. The standard InChI is InChI=1S/C10H17ClN4/c1-4-7(6(2)3)13-9-5-8(11)14-10(12)15-9/h5-7H,4H2,1-3H3,(H3,12,13,14,15). The molecule has 1 heterocycles. The van der Waals surface area contributed by atoms with Crippen LogP contribution in [0.4, 0.5) is 11.8 Å². The number of nitrogens with zero attached hydrogens (tertiary/aromatic N) is 2. The first-order chi connectivity index (χ1) is 7.02. The Bertz CT molecular complexity index is 307. The molecule has 0 aliphatic rings. The Morgan fingerprint density at radius 3 is 2.60 bits per heavy atom. The van der Waals surface area contributed by atoms with Crippen LogP contribution in [0.3, 0.4) is 0 Å². The molecule has 4 nitrogen and oxygen atoms in total. The van der Waals surface area contributed by atoms with E-state index in [1.54, 1.807) is 6.07 Å². The second-order valence-electron chi connectivity index (χ2n) is 3.84. The van der Waals surface area contributed by atoms with E-state index in [1.165, 1.54) is 0 Å². The molecule has 3 N–H and O–H groups in total. The monoisotopic (exact) mass is 228 g/mol. The van der Waals surface area contributed by atoms with E-state index in [-0.39, 0.29) is 5.95 Å². The summed E-state index contributed by atoms with van der Waals surface area (Å²) in [7, 11) is 0. The van der Waals surface area contributed by atoms with Gasteiger partial charge in [-0.25, -0.2) is 4.98 Å². The molecule has 0 saturated heterocycles. The number of hydrogen-bond donors (Lipinski definition) is 2. The number of nitrogens with one attached hydrogen (secondary N) is 1. The van der Waals surface area contributed by atoms with E-state index in [1.807, 2.05) is 0 Å². The van der Waals surface area contributed by atoms with Crippen LogP contribution in [0.25, 0.3) is 0 Å². The van der Waals surface area contributed by atoms with E-state index in [0.717, 1.165) is 6.42 Å². The quantitative estimate of drug-likeness (QED) is 0.778. The van der Waals surface area contributed by atoms with Gasteiger partial charge in [-0.2, -0.15) is 4.98 Å². The van der Waals surface area contributed by atoms with Crippen LogP contribution in [0.2, 0.25) is 5.15 Å². The number of nitrogen functional groups attached to an aromatic ring is 1. The van der Waals surface area contributed by atoms with Gasteiger partial charge < -0.3 is 11.1 Å². The van der Waals surface area contributed by atoms with Crippen LogP contribution < -0.4 is 11.1 Å². The van der Waals surface area contributed by atoms with Crippen molar-refractivity contribution in [2.24, 2.45) is 5.92 Å². The lowest BCUT2D eigenvalue weighted by atomic mass is 10.0. The fraction of sp³-hybridized carbons (Fsp3) is 0.600. The van der Waals surface area contributed by atoms with E-state index in [4.69, 9.17) is 17.3 Å². The molecule has 0 bridgehead atoms. The normalized spacial score (nSPS) is 12.9. The van der Waals surface area contributed by atoms with E-state index in [9.17, 15) is 0 Å². The molecule has 0 radical (unpaired) electrons. The van der Waals surface area contributed by atoms with Gasteiger partial charge >= 0.3 is 0 Å². The molecule has 84 valence electrons. The molecule has 0 amide bonds. The van der Waals surface area contributed by atoms with Crippen molar-refractivity contribution in [2.45, 2.75) is 33.2 Å². The highest BCUT2D eigenvalue weighted by Gasteiger charge is 2.11. The maximum atomic E-state index is 5.79. The third-order valence-electron chi connectivity index (χ3n) is 2.29. The summed E-state index contributed by atoms with van der Waals surface area (Å²) >= 11 is 5.79. The van der Waals surface area contributed by atoms with Gasteiger partial charge in [0.2, 0.25) is 5.95 Å². The van der Waals surface area contributed by atoms with Crippen molar-refractivity contribution in [2.75, 3.05) is 11.1 Å². The minimum absolute atomic E-state index is 0.198. The molecule has 0 aromatic carbocycles. The molecule has 0 fully saturated rings. The van der Waals surface area contributed by atoms with Crippen molar-refractivity contribution in [1.29, 1.82) is 0 Å². The van der Waals surface area contributed by atoms with Crippen LogP contribution in [0.1, 0.15) is 27.2 Å². The zero-order chi connectivity index (χ0) is 11.4. The minimum Gasteiger partial charge on any atom is -0.368 e. The summed E-state index contributed by atoms with van der Waals surface area (Å²) in [6.45, 7) is 6.45. The van der Waals surface area contributed by atoms with Gasteiger partial charge in [-0.05, 0) is 12.3 Å². The SMILES string of the molecule is CCC(Nc1cc(Cl)nc(N)n1)C(C)C. The lowest BCUT2D eigenvalue weighted by Crippen LogP contribution is -2.25. The van der Waals surface area contributed by atoms with E-state index >= 15 is 0 Å². The molecule has 1 aromatic rings. The summed E-state index contributed by atoms with van der Waals surface area (Å²) in [6.07, 6.45) is 1.03. The molecular weight excluding hydrogens is 212 g/mol. The molecule has 15 heavy (non-hydrogen) atoms. The molecule has 0 saturated carbocycles. The van der Waals surface area contributed by atoms with E-state index < -0.39 is 0 Å². The Morgan fingerprint density at radius 1 is 1.47 bits per heavy atom. The van der Waals surface area contributed by atoms with Crippen molar-refractivity contribution < 1.29 is 0 Å². The largest absolute Gasteiger partial charge is 0.368 e. The van der Waals surface area contributed by atoms with E-state index in [0.29, 0.717) is 22.9 Å². The zero-order valence-corrected chi connectivity index (χ0v) is 10.0. The average molecular weight is 229 g/mol. The number of nitrogens with two attached hydrogens (primary N) is 1. The highest BCUT2D eigenvalue weighted by atomic mass is 35.5. The van der Waals surface area contributed by atoms with Gasteiger partial charge in [-0.15, -0.1) is 0 Å². The van der Waals surface area contributed by atoms with Crippen LogP contribution >= 0.6 is 11.6 Å². The molecule has 1 atom stereocenters. The first kappa shape index (κ1) is 12.0. The first-order valence-corrected chi connectivity index (χ1v) is 5.47. The fourth-order valence-corrected chi connectivity index (χ4v) is 1.63. The topological polar surface area (TPSA) is 63.8 Å². The number of rotatable bonds is 4. The number of anilines is 2. The van der Waals surface area contributed by atoms with Crippen LogP contribution in [-0.4, -0.2) is 16.0 Å². The molecule has 0 aliphatic carbocycles. The van der Waals surface area contributed by atoms with Crippen LogP contribution in [0, 0.1) is 5.92 Å². The van der Waals surface area contributed by atoms with Crippen LogP contribution in [0.5, 0.6) is 0 Å². The first-order valence-electron chi connectivity index (χ1n) is 5.09. The number of aromatic nitrogens is 2. The second kappa shape index (κ2) is 5.16. The van der Waals surface area contributed by atoms with Gasteiger partial charge in [0.25, 0.3) is 0 Å². The number of halogens is 1. The highest BCUT2D eigenvalue weighted by molar-refractivity contribution is 6.29. The molecule has 1 rings (SSSR count). The van der Waals surface area contributed by atoms with Crippen molar-refractivity contribution in [3.05, 3.63) is 11.2 Å². The van der Waals surface area contributed by atoms with Crippen molar-refractivity contribution >= 4 is 23.4 Å². The zero-order valence-electron chi connectivity index (χ0n) is 9.29. The lowest BCUT2D eigenvalue weighted by molar-refractivity contribution is 0.510. The predicted octanol–water partition coefficient (Wildman–Crippen LogP) is 2.56.